The summed E-state index contributed by atoms with van der Waals surface area (Å²) in [6.07, 6.45) is 10.0. The van der Waals surface area contributed by atoms with Crippen LogP contribution in [0.25, 0.3) is 22.6 Å². The number of benzene rings is 1. The molecule has 144 valence electrons. The molecule has 3 heteroatoms. The summed E-state index contributed by atoms with van der Waals surface area (Å²) in [6, 6.07) is 4.81. The minimum atomic E-state index is -0.00861. The Morgan fingerprint density at radius 1 is 1.26 bits per heavy atom. The van der Waals surface area contributed by atoms with Gasteiger partial charge in [-0.05, 0) is 81.9 Å². The van der Waals surface area contributed by atoms with Gasteiger partial charge in [-0.2, -0.15) is 0 Å². The first-order valence-corrected chi connectivity index (χ1v) is 10.2. The van der Waals surface area contributed by atoms with Crippen molar-refractivity contribution < 1.29 is 0 Å². The van der Waals surface area contributed by atoms with Gasteiger partial charge in [0.1, 0.15) is 0 Å². The average Bonchev–Trinajstić information content (AvgIpc) is 3.16. The highest BCUT2D eigenvalue weighted by Gasteiger charge is 2.19. The summed E-state index contributed by atoms with van der Waals surface area (Å²) in [5.74, 6) is 0. The number of aromatic amines is 1. The first-order chi connectivity index (χ1) is 12.9. The zero-order valence-corrected chi connectivity index (χ0v) is 17.3. The Kier molecular flexibility index (Phi) is 5.88. The fourth-order valence-electron chi connectivity index (χ4n) is 3.96. The van der Waals surface area contributed by atoms with E-state index in [0.29, 0.717) is 6.04 Å². The van der Waals surface area contributed by atoms with Crippen molar-refractivity contribution in [2.24, 2.45) is 0 Å². The maximum Gasteiger partial charge on any atom is 0.257 e. The van der Waals surface area contributed by atoms with E-state index in [-0.39, 0.29) is 5.56 Å². The number of allylic oxidation sites excluding steroid dienone is 3. The molecule has 0 atom stereocenters. The van der Waals surface area contributed by atoms with Crippen molar-refractivity contribution in [3.8, 4) is 0 Å². The zero-order valence-electron chi connectivity index (χ0n) is 17.3. The number of hydrogen-bond acceptors (Lipinski definition) is 2. The molecule has 0 spiro atoms. The van der Waals surface area contributed by atoms with E-state index in [1.54, 1.807) is 0 Å². The molecule has 0 aliphatic heterocycles. The predicted molar refractivity (Wildman–Crippen MR) is 118 cm³/mol. The van der Waals surface area contributed by atoms with Gasteiger partial charge in [0.2, 0.25) is 0 Å². The number of H-pyrrole nitrogens is 1. The number of hydrogen-bond donors (Lipinski definition) is 2. The highest BCUT2D eigenvalue weighted by molar-refractivity contribution is 5.98. The third-order valence-electron chi connectivity index (χ3n) is 5.91. The van der Waals surface area contributed by atoms with Gasteiger partial charge in [0.05, 0.1) is 16.8 Å². The molecule has 3 rings (SSSR count). The summed E-state index contributed by atoms with van der Waals surface area (Å²) < 4.78 is 0. The van der Waals surface area contributed by atoms with Crippen molar-refractivity contribution in [3.63, 3.8) is 0 Å². The van der Waals surface area contributed by atoms with E-state index in [2.05, 4.69) is 69.2 Å². The zero-order chi connectivity index (χ0) is 19.6. The lowest BCUT2D eigenvalue weighted by Crippen LogP contribution is -2.20. The van der Waals surface area contributed by atoms with E-state index in [4.69, 9.17) is 0 Å². The summed E-state index contributed by atoms with van der Waals surface area (Å²) in [6.45, 7) is 10.5. The van der Waals surface area contributed by atoms with Crippen LogP contribution in [0.3, 0.4) is 0 Å². The average molecular weight is 365 g/mol. The summed E-state index contributed by atoms with van der Waals surface area (Å²) in [5, 5.41) is 4.85. The largest absolute Gasteiger partial charge is 0.381 e. The Hall–Kier alpha value is -2.29. The fourth-order valence-corrected chi connectivity index (χ4v) is 3.96. The lowest BCUT2D eigenvalue weighted by atomic mass is 9.96. The number of pyridine rings is 1. The molecule has 1 heterocycles. The van der Waals surface area contributed by atoms with Crippen molar-refractivity contribution in [2.45, 2.75) is 72.8 Å². The van der Waals surface area contributed by atoms with Gasteiger partial charge in [-0.1, -0.05) is 31.4 Å². The highest BCUT2D eigenvalue weighted by Crippen LogP contribution is 2.33. The van der Waals surface area contributed by atoms with Crippen molar-refractivity contribution in [3.05, 3.63) is 50.8 Å². The summed E-state index contributed by atoms with van der Waals surface area (Å²) in [4.78, 5) is 16.0. The molecule has 1 fully saturated rings. The van der Waals surface area contributed by atoms with Gasteiger partial charge in [-0.3, -0.25) is 4.79 Å². The van der Waals surface area contributed by atoms with Gasteiger partial charge in [0, 0.05) is 11.4 Å². The molecule has 1 saturated carbocycles. The third kappa shape index (κ3) is 4.02. The molecule has 3 nitrogen and oxygen atoms in total. The molecule has 0 amide bonds. The fraction of sp³-hybridized carbons (Fsp3) is 0.458. The van der Waals surface area contributed by atoms with E-state index in [1.807, 2.05) is 0 Å². The smallest absolute Gasteiger partial charge is 0.257 e. The van der Waals surface area contributed by atoms with Crippen LogP contribution in [0.15, 0.2) is 28.6 Å². The van der Waals surface area contributed by atoms with Crippen LogP contribution in [-0.4, -0.2) is 11.0 Å². The van der Waals surface area contributed by atoms with E-state index < -0.39 is 0 Å². The topological polar surface area (TPSA) is 44.9 Å². The molecule has 0 unspecified atom stereocenters. The minimum absolute atomic E-state index is 0.00861. The second kappa shape index (κ2) is 8.16. The van der Waals surface area contributed by atoms with Crippen LogP contribution in [0.4, 0.5) is 5.69 Å². The summed E-state index contributed by atoms with van der Waals surface area (Å²) >= 11 is 0. The van der Waals surface area contributed by atoms with E-state index in [9.17, 15) is 4.79 Å². The molecule has 2 N–H and O–H groups in total. The molecule has 1 aromatic carbocycles. The maximum absolute atomic E-state index is 12.9. The predicted octanol–water partition coefficient (Wildman–Crippen LogP) is 6.43. The Morgan fingerprint density at radius 2 is 1.96 bits per heavy atom. The third-order valence-corrected chi connectivity index (χ3v) is 5.91. The number of rotatable bonds is 5. The number of aryl methyl sites for hydroxylation is 1. The number of anilines is 1. The quantitative estimate of drug-likeness (QED) is 0.642. The monoisotopic (exact) mass is 364 g/mol. The maximum atomic E-state index is 12.9. The van der Waals surface area contributed by atoms with Crippen LogP contribution in [-0.2, 0) is 0 Å². The van der Waals surface area contributed by atoms with Crippen LogP contribution >= 0.6 is 0 Å². The molecular weight excluding hydrogens is 332 g/mol. The molecule has 0 bridgehead atoms. The Morgan fingerprint density at radius 3 is 2.59 bits per heavy atom. The van der Waals surface area contributed by atoms with Crippen molar-refractivity contribution >= 4 is 28.2 Å². The standard InChI is InChI=1S/C24H32N2O/c1-6-15(3)12-21-23(25-18-10-8-9-11-18)20-14-19(16(4)7-2)17(5)13-22(20)26-24(21)27/h7,12-14,18H,6,8-11H2,1-5H3,(H2,25,26,27)/b15-12-,16-7?. The Bertz CT molecular complexity index is 956. The first kappa shape index (κ1) is 19.5. The van der Waals surface area contributed by atoms with Crippen LogP contribution < -0.4 is 10.9 Å². The molecular formula is C24H32N2O. The second-order valence-electron chi connectivity index (χ2n) is 7.90. The van der Waals surface area contributed by atoms with Crippen molar-refractivity contribution in [1.82, 2.24) is 4.98 Å². The summed E-state index contributed by atoms with van der Waals surface area (Å²) in [7, 11) is 0. The normalized spacial score (nSPS) is 16.3. The van der Waals surface area contributed by atoms with E-state index in [1.165, 1.54) is 48.0 Å². The van der Waals surface area contributed by atoms with Crippen molar-refractivity contribution in [2.75, 3.05) is 5.32 Å². The van der Waals surface area contributed by atoms with Crippen LogP contribution in [0.2, 0.25) is 0 Å². The van der Waals surface area contributed by atoms with Gasteiger partial charge in [-0.15, -0.1) is 0 Å². The molecule has 1 aromatic heterocycles. The molecule has 0 radical (unpaired) electrons. The number of nitrogens with one attached hydrogen (secondary N) is 2. The molecule has 1 aliphatic rings. The number of aromatic nitrogens is 1. The Balaban J connectivity index is 2.30. The van der Waals surface area contributed by atoms with Gasteiger partial charge in [-0.25, -0.2) is 0 Å². The van der Waals surface area contributed by atoms with Gasteiger partial charge >= 0.3 is 0 Å². The summed E-state index contributed by atoms with van der Waals surface area (Å²) in [5.41, 5.74) is 7.57. The lowest BCUT2D eigenvalue weighted by Gasteiger charge is -2.19. The minimum Gasteiger partial charge on any atom is -0.381 e. The molecule has 2 aromatic rings. The second-order valence-corrected chi connectivity index (χ2v) is 7.90. The molecule has 27 heavy (non-hydrogen) atoms. The SMILES string of the molecule is CC=C(C)c1cc2c(NC3CCCC3)c(/C=C(/C)CC)c(=O)[nH]c2cc1C. The van der Waals surface area contributed by atoms with Crippen LogP contribution in [0.5, 0.6) is 0 Å². The first-order valence-electron chi connectivity index (χ1n) is 10.2. The van der Waals surface area contributed by atoms with E-state index in [0.717, 1.165) is 28.6 Å². The number of fused-ring (bicyclic) bond motifs is 1. The Labute approximate surface area is 162 Å². The molecule has 0 saturated heterocycles. The van der Waals surface area contributed by atoms with Crippen molar-refractivity contribution in [1.29, 1.82) is 0 Å². The highest BCUT2D eigenvalue weighted by atomic mass is 16.1. The van der Waals surface area contributed by atoms with Crippen LogP contribution in [0, 0.1) is 6.92 Å². The van der Waals surface area contributed by atoms with Gasteiger partial charge in [0.25, 0.3) is 5.56 Å². The van der Waals surface area contributed by atoms with Crippen LogP contribution in [0.1, 0.15) is 76.5 Å². The molecule has 1 aliphatic carbocycles. The van der Waals surface area contributed by atoms with Gasteiger partial charge in [0.15, 0.2) is 0 Å². The van der Waals surface area contributed by atoms with E-state index >= 15 is 0 Å². The lowest BCUT2D eigenvalue weighted by molar-refractivity contribution is 0.756. The van der Waals surface area contributed by atoms with Gasteiger partial charge < -0.3 is 10.3 Å².